The summed E-state index contributed by atoms with van der Waals surface area (Å²) in [6, 6.07) is 11.2. The maximum Gasteiger partial charge on any atom is 0.221 e. The first kappa shape index (κ1) is 13.6. The highest BCUT2D eigenvalue weighted by molar-refractivity contribution is 6.31. The van der Waals surface area contributed by atoms with Gasteiger partial charge in [-0.05, 0) is 49.4 Å². The summed E-state index contributed by atoms with van der Waals surface area (Å²) in [4.78, 5) is 16.2. The van der Waals surface area contributed by atoms with E-state index in [1.165, 1.54) is 12.3 Å². The minimum Gasteiger partial charge on any atom is -0.461 e. The minimum absolute atomic E-state index is 0.208. The molecule has 0 radical (unpaired) electrons. The summed E-state index contributed by atoms with van der Waals surface area (Å²) in [6.45, 7) is 2.02. The van der Waals surface area contributed by atoms with E-state index in [9.17, 15) is 4.79 Å². The summed E-state index contributed by atoms with van der Waals surface area (Å²) >= 11 is 6.15. The van der Waals surface area contributed by atoms with E-state index in [1.54, 1.807) is 18.2 Å². The molecule has 0 N–H and O–H groups in total. The van der Waals surface area contributed by atoms with Gasteiger partial charge in [0.05, 0.1) is 11.8 Å². The summed E-state index contributed by atoms with van der Waals surface area (Å²) < 4.78 is 5.05. The Kier molecular flexibility index (Phi) is 3.59. The molecule has 3 aromatic rings. The number of hydrogen-bond acceptors (Lipinski definition) is 3. The molecule has 2 heterocycles. The normalized spacial score (nSPS) is 11.3. The molecule has 0 aliphatic carbocycles. The number of ketones is 1. The summed E-state index contributed by atoms with van der Waals surface area (Å²) in [6.07, 6.45) is 4.56. The van der Waals surface area contributed by atoms with E-state index in [2.05, 4.69) is 4.98 Å². The fourth-order valence-corrected chi connectivity index (χ4v) is 2.28. The average molecular weight is 298 g/mol. The van der Waals surface area contributed by atoms with Crippen LogP contribution >= 0.6 is 11.6 Å². The van der Waals surface area contributed by atoms with Crippen LogP contribution in [0.4, 0.5) is 0 Å². The molecule has 0 atom stereocenters. The molecule has 3 nitrogen and oxygen atoms in total. The number of aryl methyl sites for hydroxylation is 1. The third kappa shape index (κ3) is 2.88. The molecule has 0 fully saturated rings. The van der Waals surface area contributed by atoms with Crippen molar-refractivity contribution in [2.24, 2.45) is 0 Å². The van der Waals surface area contributed by atoms with Crippen LogP contribution in [0, 0.1) is 6.92 Å². The Morgan fingerprint density at radius 2 is 2.14 bits per heavy atom. The third-order valence-electron chi connectivity index (χ3n) is 3.13. The smallest absolute Gasteiger partial charge is 0.221 e. The predicted molar refractivity (Wildman–Crippen MR) is 83.6 cm³/mol. The van der Waals surface area contributed by atoms with Crippen molar-refractivity contribution in [1.29, 1.82) is 0 Å². The average Bonchev–Trinajstić information content (AvgIpc) is 2.99. The van der Waals surface area contributed by atoms with Gasteiger partial charge in [0.15, 0.2) is 5.76 Å². The fraction of sp³-hybridized carbons (Fsp3) is 0.0588. The van der Waals surface area contributed by atoms with Crippen LogP contribution in [0.5, 0.6) is 0 Å². The fourth-order valence-electron chi connectivity index (χ4n) is 2.07. The number of carbonyl (C=O) groups is 1. The van der Waals surface area contributed by atoms with E-state index in [0.29, 0.717) is 16.5 Å². The van der Waals surface area contributed by atoms with Crippen molar-refractivity contribution in [3.63, 3.8) is 0 Å². The number of aromatic nitrogens is 1. The van der Waals surface area contributed by atoms with Crippen molar-refractivity contribution in [2.75, 3.05) is 0 Å². The Morgan fingerprint density at radius 3 is 2.90 bits per heavy atom. The summed E-state index contributed by atoms with van der Waals surface area (Å²) in [5.74, 6) is 0.0902. The molecule has 0 saturated carbocycles. The maximum atomic E-state index is 11.9. The van der Waals surface area contributed by atoms with Gasteiger partial charge in [0.25, 0.3) is 0 Å². The number of furan rings is 1. The van der Waals surface area contributed by atoms with E-state index < -0.39 is 0 Å². The highest BCUT2D eigenvalue weighted by atomic mass is 35.5. The second-order valence-electron chi connectivity index (χ2n) is 4.74. The quantitative estimate of drug-likeness (QED) is 0.400. The molecule has 2 aromatic heterocycles. The zero-order chi connectivity index (χ0) is 14.8. The Labute approximate surface area is 126 Å². The van der Waals surface area contributed by atoms with Crippen molar-refractivity contribution >= 4 is 34.4 Å². The molecule has 0 aliphatic rings. The number of hydrogen-bond donors (Lipinski definition) is 0. The molecule has 104 valence electrons. The highest BCUT2D eigenvalue weighted by Crippen LogP contribution is 2.22. The zero-order valence-corrected chi connectivity index (χ0v) is 12.1. The Balaban J connectivity index is 1.96. The monoisotopic (exact) mass is 297 g/mol. The standard InChI is InChI=1S/C17H12ClNO2/c1-11-4-6-14-13(9-11)10-12(17(18)19-14)5-7-15(20)16-3-2-8-21-16/h2-10H,1H3. The van der Waals surface area contributed by atoms with Crippen molar-refractivity contribution in [3.05, 3.63) is 70.8 Å². The molecule has 0 spiro atoms. The highest BCUT2D eigenvalue weighted by Gasteiger charge is 2.06. The van der Waals surface area contributed by atoms with Gasteiger partial charge in [-0.2, -0.15) is 0 Å². The second kappa shape index (κ2) is 5.54. The van der Waals surface area contributed by atoms with Gasteiger partial charge in [-0.1, -0.05) is 23.2 Å². The van der Waals surface area contributed by atoms with Gasteiger partial charge >= 0.3 is 0 Å². The lowest BCUT2D eigenvalue weighted by atomic mass is 10.1. The molecule has 4 heteroatoms. The maximum absolute atomic E-state index is 11.9. The van der Waals surface area contributed by atoms with Gasteiger partial charge in [0, 0.05) is 10.9 Å². The van der Waals surface area contributed by atoms with Crippen LogP contribution in [0.3, 0.4) is 0 Å². The van der Waals surface area contributed by atoms with Gasteiger partial charge in [-0.3, -0.25) is 4.79 Å². The van der Waals surface area contributed by atoms with E-state index in [-0.39, 0.29) is 5.78 Å². The lowest BCUT2D eigenvalue weighted by Crippen LogP contribution is -1.91. The van der Waals surface area contributed by atoms with E-state index >= 15 is 0 Å². The molecule has 0 aliphatic heterocycles. The summed E-state index contributed by atoms with van der Waals surface area (Å²) in [5.41, 5.74) is 2.68. The molecule has 21 heavy (non-hydrogen) atoms. The molecule has 3 rings (SSSR count). The number of rotatable bonds is 3. The van der Waals surface area contributed by atoms with Crippen LogP contribution in [0.25, 0.3) is 17.0 Å². The Hall–Kier alpha value is -2.39. The number of nitrogens with zero attached hydrogens (tertiary/aromatic N) is 1. The molecular formula is C17H12ClNO2. The molecule has 0 unspecified atom stereocenters. The van der Waals surface area contributed by atoms with Gasteiger partial charge < -0.3 is 4.42 Å². The number of carbonyl (C=O) groups excluding carboxylic acids is 1. The van der Waals surface area contributed by atoms with Gasteiger partial charge in [0.1, 0.15) is 5.15 Å². The van der Waals surface area contributed by atoms with Crippen molar-refractivity contribution in [1.82, 2.24) is 4.98 Å². The van der Waals surface area contributed by atoms with Crippen LogP contribution in [-0.2, 0) is 0 Å². The first-order valence-electron chi connectivity index (χ1n) is 6.46. The summed E-state index contributed by atoms with van der Waals surface area (Å²) in [7, 11) is 0. The van der Waals surface area contributed by atoms with E-state index in [1.807, 2.05) is 31.2 Å². The van der Waals surface area contributed by atoms with Gasteiger partial charge in [-0.15, -0.1) is 0 Å². The molecular weight excluding hydrogens is 286 g/mol. The topological polar surface area (TPSA) is 43.1 Å². The largest absolute Gasteiger partial charge is 0.461 e. The number of fused-ring (bicyclic) bond motifs is 1. The number of halogens is 1. The lowest BCUT2D eigenvalue weighted by molar-refractivity contribution is 0.102. The predicted octanol–water partition coefficient (Wildman–Crippen LogP) is 4.69. The van der Waals surface area contributed by atoms with Crippen molar-refractivity contribution in [2.45, 2.75) is 6.92 Å². The van der Waals surface area contributed by atoms with Crippen LogP contribution < -0.4 is 0 Å². The molecule has 0 bridgehead atoms. The molecule has 1 aromatic carbocycles. The van der Waals surface area contributed by atoms with Crippen LogP contribution in [0.15, 0.2) is 53.2 Å². The van der Waals surface area contributed by atoms with Gasteiger partial charge in [0.2, 0.25) is 5.78 Å². The Morgan fingerprint density at radius 1 is 1.29 bits per heavy atom. The van der Waals surface area contributed by atoms with Crippen LogP contribution in [0.2, 0.25) is 5.15 Å². The van der Waals surface area contributed by atoms with Crippen molar-refractivity contribution < 1.29 is 9.21 Å². The van der Waals surface area contributed by atoms with E-state index in [0.717, 1.165) is 16.5 Å². The number of allylic oxidation sites excluding steroid dienone is 1. The zero-order valence-electron chi connectivity index (χ0n) is 11.3. The van der Waals surface area contributed by atoms with Crippen LogP contribution in [-0.4, -0.2) is 10.8 Å². The van der Waals surface area contributed by atoms with Crippen molar-refractivity contribution in [3.8, 4) is 0 Å². The second-order valence-corrected chi connectivity index (χ2v) is 5.10. The Bertz CT molecular complexity index is 835. The minimum atomic E-state index is -0.208. The first-order valence-corrected chi connectivity index (χ1v) is 6.84. The third-order valence-corrected chi connectivity index (χ3v) is 3.43. The first-order chi connectivity index (χ1) is 10.1. The summed E-state index contributed by atoms with van der Waals surface area (Å²) in [5, 5.41) is 1.36. The van der Waals surface area contributed by atoms with E-state index in [4.69, 9.17) is 16.0 Å². The SMILES string of the molecule is Cc1ccc2nc(Cl)c(C=CC(=O)c3ccco3)cc2c1. The van der Waals surface area contributed by atoms with Crippen LogP contribution in [0.1, 0.15) is 21.7 Å². The van der Waals surface area contributed by atoms with Gasteiger partial charge in [-0.25, -0.2) is 4.98 Å². The number of pyridine rings is 1. The molecule has 0 amide bonds. The lowest BCUT2D eigenvalue weighted by Gasteiger charge is -2.03. The molecule has 0 saturated heterocycles. The number of benzene rings is 1.